The molecule has 0 unspecified atom stereocenters. The molecule has 1 nitrogen and oxygen atoms in total. The fourth-order valence-corrected chi connectivity index (χ4v) is 2.26. The van der Waals surface area contributed by atoms with E-state index in [1.807, 2.05) is 25.1 Å². The van der Waals surface area contributed by atoms with Gasteiger partial charge in [-0.2, -0.15) is 0 Å². The van der Waals surface area contributed by atoms with E-state index >= 15 is 0 Å². The summed E-state index contributed by atoms with van der Waals surface area (Å²) in [6.45, 7) is 10.0. The molecule has 0 aromatic heterocycles. The highest BCUT2D eigenvalue weighted by atomic mass is 32.2. The van der Waals surface area contributed by atoms with E-state index in [1.54, 1.807) is 17.8 Å². The molecule has 2 heteroatoms. The van der Waals surface area contributed by atoms with E-state index in [-0.39, 0.29) is 0 Å². The maximum absolute atomic E-state index is 5.99. The number of nitrogen functional groups attached to an aromatic ring is 1. The Morgan fingerprint density at radius 3 is 2.50 bits per heavy atom. The summed E-state index contributed by atoms with van der Waals surface area (Å²) in [5.41, 5.74) is 11.5. The van der Waals surface area contributed by atoms with Gasteiger partial charge in [0, 0.05) is 5.69 Å². The Bertz CT molecular complexity index is 646. The van der Waals surface area contributed by atoms with Gasteiger partial charge < -0.3 is 5.73 Å². The molecule has 0 aliphatic heterocycles. The zero-order chi connectivity index (χ0) is 16.5. The average Bonchev–Trinajstić information content (AvgIpc) is 2.53. The summed E-state index contributed by atoms with van der Waals surface area (Å²) in [5, 5.41) is 0. The highest BCUT2D eigenvalue weighted by molar-refractivity contribution is 8.02. The number of anilines is 1. The van der Waals surface area contributed by atoms with Crippen molar-refractivity contribution in [1.29, 1.82) is 0 Å². The van der Waals surface area contributed by atoms with Crippen molar-refractivity contribution in [2.24, 2.45) is 0 Å². The highest BCUT2D eigenvalue weighted by Crippen LogP contribution is 2.29. The van der Waals surface area contributed by atoms with Gasteiger partial charge in [0.15, 0.2) is 0 Å². The fraction of sp³-hybridized carbons (Fsp3) is 0.200. The molecule has 0 bridgehead atoms. The van der Waals surface area contributed by atoms with Gasteiger partial charge in [-0.1, -0.05) is 49.1 Å². The fourth-order valence-electron chi connectivity index (χ4n) is 2.05. The van der Waals surface area contributed by atoms with Crippen LogP contribution in [0.1, 0.15) is 31.9 Å². The molecule has 0 atom stereocenters. The predicted octanol–water partition coefficient (Wildman–Crippen LogP) is 6.08. The third kappa shape index (κ3) is 5.12. The van der Waals surface area contributed by atoms with Crippen LogP contribution in [-0.4, -0.2) is 6.26 Å². The van der Waals surface area contributed by atoms with E-state index in [0.717, 1.165) is 16.8 Å². The number of hydrogen-bond acceptors (Lipinski definition) is 2. The molecule has 0 aliphatic rings. The molecule has 0 heterocycles. The second-order valence-corrected chi connectivity index (χ2v) is 6.03. The van der Waals surface area contributed by atoms with Gasteiger partial charge in [-0.3, -0.25) is 0 Å². The molecule has 0 saturated carbocycles. The lowest BCUT2D eigenvalue weighted by Crippen LogP contribution is -1.94. The summed E-state index contributed by atoms with van der Waals surface area (Å²) < 4.78 is 0. The van der Waals surface area contributed by atoms with Crippen molar-refractivity contribution >= 4 is 28.6 Å². The Morgan fingerprint density at radius 1 is 1.18 bits per heavy atom. The molecule has 116 valence electrons. The van der Waals surface area contributed by atoms with Crippen LogP contribution in [0.25, 0.3) is 11.1 Å². The van der Waals surface area contributed by atoms with Crippen molar-refractivity contribution < 1.29 is 0 Å². The Balaban J connectivity index is 3.38. The van der Waals surface area contributed by atoms with Crippen LogP contribution in [0.2, 0.25) is 0 Å². The van der Waals surface area contributed by atoms with E-state index in [9.17, 15) is 0 Å². The first-order valence-electron chi connectivity index (χ1n) is 7.28. The molecule has 0 amide bonds. The number of nitrogens with two attached hydrogens (primary N) is 1. The zero-order valence-corrected chi connectivity index (χ0v) is 14.7. The van der Waals surface area contributed by atoms with Gasteiger partial charge >= 0.3 is 0 Å². The van der Waals surface area contributed by atoms with Crippen LogP contribution in [-0.2, 0) is 0 Å². The van der Waals surface area contributed by atoms with E-state index in [2.05, 4.69) is 57.1 Å². The molecule has 1 rings (SSSR count). The Morgan fingerprint density at radius 2 is 1.91 bits per heavy atom. The third-order valence-electron chi connectivity index (χ3n) is 3.39. The summed E-state index contributed by atoms with van der Waals surface area (Å²) >= 11 is 1.75. The van der Waals surface area contributed by atoms with Crippen molar-refractivity contribution in [3.05, 3.63) is 77.3 Å². The van der Waals surface area contributed by atoms with Crippen LogP contribution in [0.15, 0.2) is 66.1 Å². The first-order valence-corrected chi connectivity index (χ1v) is 8.50. The maximum Gasteiger partial charge on any atom is 0.0320 e. The van der Waals surface area contributed by atoms with Gasteiger partial charge in [-0.05, 0) is 66.3 Å². The molecule has 1 aromatic carbocycles. The molecular weight excluding hydrogens is 286 g/mol. The van der Waals surface area contributed by atoms with Crippen LogP contribution < -0.4 is 5.73 Å². The summed E-state index contributed by atoms with van der Waals surface area (Å²) in [7, 11) is 0. The van der Waals surface area contributed by atoms with E-state index in [0.29, 0.717) is 0 Å². The summed E-state index contributed by atoms with van der Waals surface area (Å²) in [6, 6.07) is 6.06. The first kappa shape index (κ1) is 18.1. The van der Waals surface area contributed by atoms with Crippen molar-refractivity contribution in [2.75, 3.05) is 12.0 Å². The Labute approximate surface area is 139 Å². The number of benzene rings is 1. The molecule has 0 aliphatic carbocycles. The maximum atomic E-state index is 5.99. The molecular formula is C20H25NS. The van der Waals surface area contributed by atoms with Gasteiger partial charge in [0.25, 0.3) is 0 Å². The monoisotopic (exact) mass is 311 g/mol. The number of hydrogen-bond donors (Lipinski definition) is 1. The van der Waals surface area contributed by atoms with Gasteiger partial charge in [-0.25, -0.2) is 0 Å². The average molecular weight is 311 g/mol. The van der Waals surface area contributed by atoms with Crippen LogP contribution in [0.5, 0.6) is 0 Å². The van der Waals surface area contributed by atoms with E-state index < -0.39 is 0 Å². The molecule has 0 saturated heterocycles. The van der Waals surface area contributed by atoms with Crippen LogP contribution in [0.4, 0.5) is 5.69 Å². The van der Waals surface area contributed by atoms with Gasteiger partial charge in [0.1, 0.15) is 0 Å². The molecule has 0 fully saturated rings. The summed E-state index contributed by atoms with van der Waals surface area (Å²) in [4.78, 5) is 1.28. The van der Waals surface area contributed by atoms with Gasteiger partial charge in [-0.15, -0.1) is 11.8 Å². The minimum Gasteiger partial charge on any atom is -0.399 e. The zero-order valence-electron chi connectivity index (χ0n) is 13.9. The van der Waals surface area contributed by atoms with E-state index in [4.69, 9.17) is 5.73 Å². The second-order valence-electron chi connectivity index (χ2n) is 4.97. The van der Waals surface area contributed by atoms with Gasteiger partial charge in [0.2, 0.25) is 0 Å². The largest absolute Gasteiger partial charge is 0.399 e. The highest BCUT2D eigenvalue weighted by Gasteiger charge is 2.07. The van der Waals surface area contributed by atoms with Crippen LogP contribution in [0, 0.1) is 0 Å². The van der Waals surface area contributed by atoms with Crippen LogP contribution >= 0.6 is 11.8 Å². The molecule has 2 N–H and O–H groups in total. The standard InChI is InChI=1S/C20H25NS/c1-6-8-9-17(7-2)19-13-12-18(21)14-20(19)15(3)10-11-16(4)22-5/h6-14H,1,21H2,2-5H3/b9-8-,15-10+,16-11+,17-7+. The third-order valence-corrected chi connectivity index (χ3v) is 4.17. The van der Waals surface area contributed by atoms with Gasteiger partial charge in [0.05, 0.1) is 0 Å². The molecule has 0 radical (unpaired) electrons. The first-order chi connectivity index (χ1) is 10.5. The lowest BCUT2D eigenvalue weighted by Gasteiger charge is -2.12. The number of thioether (sulfide) groups is 1. The van der Waals surface area contributed by atoms with Crippen molar-refractivity contribution in [2.45, 2.75) is 20.8 Å². The number of allylic oxidation sites excluding steroid dienone is 9. The minimum absolute atomic E-state index is 0.778. The predicted molar refractivity (Wildman–Crippen MR) is 105 cm³/mol. The molecule has 0 spiro atoms. The second kappa shape index (κ2) is 9.16. The molecule has 1 aromatic rings. The van der Waals surface area contributed by atoms with Crippen LogP contribution in [0.3, 0.4) is 0 Å². The SMILES string of the molecule is C=C/C=C\C(=C/C)c1ccc(N)cc1/C(C)=C/C=C(\C)SC. The normalized spacial score (nSPS) is 13.7. The van der Waals surface area contributed by atoms with E-state index in [1.165, 1.54) is 16.0 Å². The smallest absolute Gasteiger partial charge is 0.0320 e. The molecule has 22 heavy (non-hydrogen) atoms. The lowest BCUT2D eigenvalue weighted by molar-refractivity contribution is 1.50. The minimum atomic E-state index is 0.778. The van der Waals surface area contributed by atoms with Crippen molar-refractivity contribution in [3.63, 3.8) is 0 Å². The number of rotatable bonds is 6. The quantitative estimate of drug-likeness (QED) is 0.508. The van der Waals surface area contributed by atoms with Crippen molar-refractivity contribution in [1.82, 2.24) is 0 Å². The Kier molecular flexibility index (Phi) is 7.55. The topological polar surface area (TPSA) is 26.0 Å². The van der Waals surface area contributed by atoms with Crippen molar-refractivity contribution in [3.8, 4) is 0 Å². The summed E-state index contributed by atoms with van der Waals surface area (Å²) in [5.74, 6) is 0. The lowest BCUT2D eigenvalue weighted by atomic mass is 9.93. The summed E-state index contributed by atoms with van der Waals surface area (Å²) in [6.07, 6.45) is 14.3. The Hall–Kier alpha value is -1.93.